The Hall–Kier alpha value is -4.30. The van der Waals surface area contributed by atoms with Gasteiger partial charge in [0.05, 0.1) is 5.69 Å². The van der Waals surface area contributed by atoms with Gasteiger partial charge in [0.1, 0.15) is 5.82 Å². The summed E-state index contributed by atoms with van der Waals surface area (Å²) in [5.74, 6) is 0.610. The van der Waals surface area contributed by atoms with E-state index in [9.17, 15) is 4.79 Å². The third kappa shape index (κ3) is 5.05. The molecule has 0 spiro atoms. The molecule has 32 heavy (non-hydrogen) atoms. The van der Waals surface area contributed by atoms with Crippen molar-refractivity contribution in [2.24, 2.45) is 0 Å². The molecule has 1 atom stereocenters. The molecule has 4 N–H and O–H groups in total. The van der Waals surface area contributed by atoms with Gasteiger partial charge in [0, 0.05) is 41.3 Å². The van der Waals surface area contributed by atoms with E-state index in [-0.39, 0.29) is 6.04 Å². The van der Waals surface area contributed by atoms with Crippen LogP contribution < -0.4 is 16.1 Å². The molecule has 0 aliphatic heterocycles. The summed E-state index contributed by atoms with van der Waals surface area (Å²) in [6.07, 6.45) is 3.38. The van der Waals surface area contributed by atoms with E-state index >= 15 is 0 Å². The Morgan fingerprint density at radius 3 is 2.44 bits per heavy atom. The van der Waals surface area contributed by atoms with Crippen LogP contribution in [0.3, 0.4) is 0 Å². The fraction of sp³-hybridized carbons (Fsp3) is 0.0833. The van der Waals surface area contributed by atoms with E-state index in [2.05, 4.69) is 44.6 Å². The zero-order chi connectivity index (χ0) is 22.3. The summed E-state index contributed by atoms with van der Waals surface area (Å²) in [6, 6.07) is 22.5. The molecule has 160 valence electrons. The zero-order valence-electron chi connectivity index (χ0n) is 17.4. The lowest BCUT2D eigenvalue weighted by molar-refractivity contribution is 0.0706. The van der Waals surface area contributed by atoms with Crippen LogP contribution in [0.25, 0.3) is 11.3 Å². The third-order valence-corrected chi connectivity index (χ3v) is 4.88. The van der Waals surface area contributed by atoms with Gasteiger partial charge < -0.3 is 10.6 Å². The van der Waals surface area contributed by atoms with Crippen LogP contribution >= 0.6 is 0 Å². The van der Waals surface area contributed by atoms with Gasteiger partial charge in [0.2, 0.25) is 5.95 Å². The number of aromatic nitrogens is 3. The van der Waals surface area contributed by atoms with E-state index in [1.165, 1.54) is 5.56 Å². The highest BCUT2D eigenvalue weighted by molar-refractivity contribution is 5.93. The minimum atomic E-state index is -0.565. The quantitative estimate of drug-likeness (QED) is 0.253. The number of carbonyl (C=O) groups excluding carboxylic acids is 1. The third-order valence-electron chi connectivity index (χ3n) is 4.88. The average Bonchev–Trinajstić information content (AvgIpc) is 2.84. The average molecular weight is 426 g/mol. The molecular weight excluding hydrogens is 404 g/mol. The van der Waals surface area contributed by atoms with Crippen molar-refractivity contribution in [2.45, 2.75) is 13.0 Å². The highest BCUT2D eigenvalue weighted by Gasteiger charge is 2.08. The van der Waals surface area contributed by atoms with E-state index in [0.29, 0.717) is 17.2 Å². The molecule has 8 nitrogen and oxygen atoms in total. The Bertz CT molecular complexity index is 1200. The molecule has 0 unspecified atom stereocenters. The van der Waals surface area contributed by atoms with Crippen LogP contribution in [0, 0.1) is 0 Å². The zero-order valence-corrected chi connectivity index (χ0v) is 17.4. The summed E-state index contributed by atoms with van der Waals surface area (Å²) >= 11 is 0. The van der Waals surface area contributed by atoms with Gasteiger partial charge in [-0.25, -0.2) is 20.4 Å². The first-order chi connectivity index (χ1) is 15.6. The molecule has 0 radical (unpaired) electrons. The second kappa shape index (κ2) is 9.67. The van der Waals surface area contributed by atoms with Crippen molar-refractivity contribution in [2.75, 3.05) is 10.6 Å². The maximum absolute atomic E-state index is 11.5. The van der Waals surface area contributed by atoms with Crippen molar-refractivity contribution in [3.05, 3.63) is 96.3 Å². The normalized spacial score (nSPS) is 11.4. The molecular formula is C24H22N6O2. The number of pyridine rings is 1. The first-order valence-corrected chi connectivity index (χ1v) is 10.0. The highest BCUT2D eigenvalue weighted by Crippen LogP contribution is 2.23. The Labute approximate surface area is 185 Å². The van der Waals surface area contributed by atoms with Gasteiger partial charge in [0.25, 0.3) is 5.91 Å². The second-order valence-electron chi connectivity index (χ2n) is 7.12. The standard InChI is InChI=1S/C24H22N6O2/c1-16(17-5-3-2-4-6-17)27-22-15-20(11-13-25-22)28-24-26-14-12-21(29-24)18-7-9-19(10-8-18)23(31)30-32/h2-16,32H,1H3,(H,30,31)(H2,25,26,27,28,29)/t16-/m0/s1. The van der Waals surface area contributed by atoms with Crippen LogP contribution in [0.1, 0.15) is 28.9 Å². The molecule has 4 rings (SSSR count). The lowest BCUT2D eigenvalue weighted by atomic mass is 10.1. The van der Waals surface area contributed by atoms with Crippen LogP contribution in [0.2, 0.25) is 0 Å². The fourth-order valence-electron chi connectivity index (χ4n) is 3.20. The van der Waals surface area contributed by atoms with Crippen LogP contribution in [0.4, 0.5) is 17.5 Å². The van der Waals surface area contributed by atoms with Crippen molar-refractivity contribution in [1.82, 2.24) is 20.4 Å². The maximum atomic E-state index is 11.5. The predicted octanol–water partition coefficient (Wildman–Crippen LogP) is 4.57. The summed E-state index contributed by atoms with van der Waals surface area (Å²) in [5.41, 5.74) is 5.46. The van der Waals surface area contributed by atoms with Crippen LogP contribution in [0.15, 0.2) is 85.2 Å². The van der Waals surface area contributed by atoms with Gasteiger partial charge in [-0.1, -0.05) is 42.5 Å². The molecule has 2 aromatic heterocycles. The molecule has 8 heteroatoms. The van der Waals surface area contributed by atoms with Crippen LogP contribution in [-0.2, 0) is 0 Å². The number of benzene rings is 2. The molecule has 0 saturated carbocycles. The number of anilines is 3. The highest BCUT2D eigenvalue weighted by atomic mass is 16.5. The summed E-state index contributed by atoms with van der Waals surface area (Å²) in [5, 5.41) is 15.3. The van der Waals surface area contributed by atoms with Gasteiger partial charge in [-0.3, -0.25) is 10.0 Å². The summed E-state index contributed by atoms with van der Waals surface area (Å²) in [7, 11) is 0. The number of nitrogens with one attached hydrogen (secondary N) is 3. The number of nitrogens with zero attached hydrogens (tertiary/aromatic N) is 3. The number of hydrogen-bond donors (Lipinski definition) is 4. The van der Waals surface area contributed by atoms with Crippen LogP contribution in [-0.4, -0.2) is 26.1 Å². The number of amides is 1. The molecule has 0 aliphatic rings. The molecule has 2 heterocycles. The summed E-state index contributed by atoms with van der Waals surface area (Å²) in [4.78, 5) is 24.7. The Morgan fingerprint density at radius 2 is 1.69 bits per heavy atom. The largest absolute Gasteiger partial charge is 0.363 e. The van der Waals surface area contributed by atoms with Crippen molar-refractivity contribution < 1.29 is 10.0 Å². The fourth-order valence-corrected chi connectivity index (χ4v) is 3.20. The Morgan fingerprint density at radius 1 is 0.938 bits per heavy atom. The first kappa shape index (κ1) is 21.0. The molecule has 4 aromatic rings. The van der Waals surface area contributed by atoms with E-state index in [4.69, 9.17) is 5.21 Å². The van der Waals surface area contributed by atoms with Gasteiger partial charge in [0.15, 0.2) is 0 Å². The molecule has 2 aromatic carbocycles. The van der Waals surface area contributed by atoms with E-state index in [1.54, 1.807) is 48.2 Å². The minimum Gasteiger partial charge on any atom is -0.363 e. The molecule has 0 aliphatic carbocycles. The molecule has 0 bridgehead atoms. The number of rotatable bonds is 7. The monoisotopic (exact) mass is 426 g/mol. The van der Waals surface area contributed by atoms with E-state index in [1.807, 2.05) is 30.3 Å². The maximum Gasteiger partial charge on any atom is 0.274 e. The van der Waals surface area contributed by atoms with Gasteiger partial charge in [-0.2, -0.15) is 0 Å². The number of carbonyl (C=O) groups is 1. The number of hydroxylamine groups is 1. The van der Waals surface area contributed by atoms with Crippen molar-refractivity contribution >= 4 is 23.4 Å². The lowest BCUT2D eigenvalue weighted by Gasteiger charge is -2.15. The minimum absolute atomic E-state index is 0.106. The van der Waals surface area contributed by atoms with E-state index in [0.717, 1.165) is 17.1 Å². The first-order valence-electron chi connectivity index (χ1n) is 10.0. The van der Waals surface area contributed by atoms with Crippen molar-refractivity contribution in [3.63, 3.8) is 0 Å². The van der Waals surface area contributed by atoms with Gasteiger partial charge in [-0.15, -0.1) is 0 Å². The molecule has 1 amide bonds. The van der Waals surface area contributed by atoms with E-state index < -0.39 is 5.91 Å². The van der Waals surface area contributed by atoms with Crippen molar-refractivity contribution in [1.29, 1.82) is 0 Å². The predicted molar refractivity (Wildman–Crippen MR) is 123 cm³/mol. The SMILES string of the molecule is C[C@H](Nc1cc(Nc2nccc(-c3ccc(C(=O)NO)cc3)n2)ccn1)c1ccccc1. The van der Waals surface area contributed by atoms with Crippen molar-refractivity contribution in [3.8, 4) is 11.3 Å². The lowest BCUT2D eigenvalue weighted by Crippen LogP contribution is -2.18. The second-order valence-corrected chi connectivity index (χ2v) is 7.12. The summed E-state index contributed by atoms with van der Waals surface area (Å²) in [6.45, 7) is 2.08. The van der Waals surface area contributed by atoms with Crippen LogP contribution in [0.5, 0.6) is 0 Å². The number of hydrogen-bond acceptors (Lipinski definition) is 7. The molecule has 0 saturated heterocycles. The molecule has 0 fully saturated rings. The topological polar surface area (TPSA) is 112 Å². The summed E-state index contributed by atoms with van der Waals surface area (Å²) < 4.78 is 0. The van der Waals surface area contributed by atoms with Gasteiger partial charge in [-0.05, 0) is 36.8 Å². The Kier molecular flexibility index (Phi) is 6.33. The smallest absolute Gasteiger partial charge is 0.274 e. The van der Waals surface area contributed by atoms with Gasteiger partial charge >= 0.3 is 0 Å². The Balaban J connectivity index is 1.48.